The number of nitrogens with zero attached hydrogens (tertiary/aromatic N) is 2. The molecule has 94 valence electrons. The standard InChI is InChI=1S/C9H14B2N4O2S/c1-11(17)15-9(14-6-10-16)13-4-7-2-8(3-12)18-5-7/h2,5-6,17H,3-4,12H2,1H3,(H,13,15). The van der Waals surface area contributed by atoms with Crippen LogP contribution in [0.1, 0.15) is 10.4 Å². The molecule has 0 saturated heterocycles. The Morgan fingerprint density at radius 2 is 2.56 bits per heavy atom. The molecule has 0 aliphatic rings. The molecular weight excluding hydrogens is 250 g/mol. The molecule has 0 amide bonds. The van der Waals surface area contributed by atoms with E-state index in [9.17, 15) is 4.70 Å². The van der Waals surface area contributed by atoms with Gasteiger partial charge in [0.1, 0.15) is 0 Å². The number of hydrogen-bond acceptors (Lipinski definition) is 5. The Morgan fingerprint density at radius 1 is 1.78 bits per heavy atom. The van der Waals surface area contributed by atoms with Crippen molar-refractivity contribution in [3.8, 4) is 0 Å². The van der Waals surface area contributed by atoms with Crippen LogP contribution < -0.4 is 11.1 Å². The molecule has 18 heavy (non-hydrogen) atoms. The zero-order valence-corrected chi connectivity index (χ0v) is 10.9. The molecule has 9 heteroatoms. The van der Waals surface area contributed by atoms with Crippen LogP contribution in [0.25, 0.3) is 0 Å². The van der Waals surface area contributed by atoms with Crippen molar-refractivity contribution >= 4 is 37.6 Å². The van der Waals surface area contributed by atoms with E-state index in [1.54, 1.807) is 11.3 Å². The minimum atomic E-state index is -0.877. The Hall–Kier alpha value is -1.31. The first kappa shape index (κ1) is 14.7. The van der Waals surface area contributed by atoms with Crippen molar-refractivity contribution in [2.45, 2.75) is 19.9 Å². The maximum absolute atomic E-state index is 10.2. The van der Waals surface area contributed by atoms with Crippen LogP contribution in [0.5, 0.6) is 0 Å². The van der Waals surface area contributed by atoms with E-state index >= 15 is 0 Å². The predicted molar refractivity (Wildman–Crippen MR) is 75.3 cm³/mol. The summed E-state index contributed by atoms with van der Waals surface area (Å²) in [5.41, 5.74) is 6.58. The molecule has 0 unspecified atom stereocenters. The topological polar surface area (TPSA) is 100 Å². The molecule has 1 heterocycles. The van der Waals surface area contributed by atoms with Crippen molar-refractivity contribution in [2.24, 2.45) is 15.6 Å². The van der Waals surface area contributed by atoms with E-state index in [0.717, 1.165) is 16.6 Å². The number of nitrogens with two attached hydrogens (primary N) is 1. The molecule has 0 aromatic carbocycles. The van der Waals surface area contributed by atoms with Crippen molar-refractivity contribution < 1.29 is 9.73 Å². The summed E-state index contributed by atoms with van der Waals surface area (Å²) in [6.07, 6.45) is 1.08. The molecule has 1 aromatic heterocycles. The summed E-state index contributed by atoms with van der Waals surface area (Å²) in [7, 11) is -0.325. The molecule has 0 spiro atoms. The molecule has 0 bridgehead atoms. The summed E-state index contributed by atoms with van der Waals surface area (Å²) in [5.74, 6) is 0.220. The average Bonchev–Trinajstić information content (AvgIpc) is 2.80. The Bertz CT molecular complexity index is 448. The van der Waals surface area contributed by atoms with Gasteiger partial charge in [0.25, 0.3) is 0 Å². The molecule has 0 aliphatic carbocycles. The zero-order valence-electron chi connectivity index (χ0n) is 10.0. The van der Waals surface area contributed by atoms with Gasteiger partial charge in [0.2, 0.25) is 0 Å². The summed E-state index contributed by atoms with van der Waals surface area (Å²) in [6.45, 7) is 2.54. The molecular formula is C9H14B2N4O2S. The second-order valence-electron chi connectivity index (χ2n) is 3.48. The molecule has 1 aromatic rings. The van der Waals surface area contributed by atoms with Gasteiger partial charge in [-0.05, 0) is 0 Å². The van der Waals surface area contributed by atoms with Gasteiger partial charge < -0.3 is 0 Å². The van der Waals surface area contributed by atoms with Gasteiger partial charge in [0.15, 0.2) is 0 Å². The third-order valence-corrected chi connectivity index (χ3v) is 2.93. The SMILES string of the molecule is CB(O)N=C(N=CB=O)NCc1csc(CN)c1. The van der Waals surface area contributed by atoms with Crippen molar-refractivity contribution in [3.05, 3.63) is 21.9 Å². The summed E-state index contributed by atoms with van der Waals surface area (Å²) in [6, 6.07) is 1.99. The first-order chi connectivity index (χ1) is 8.65. The van der Waals surface area contributed by atoms with Crippen LogP contribution in [0, 0.1) is 0 Å². The van der Waals surface area contributed by atoms with Gasteiger partial charge in [-0.25, -0.2) is 0 Å². The van der Waals surface area contributed by atoms with Crippen LogP contribution in [0.3, 0.4) is 0 Å². The van der Waals surface area contributed by atoms with Gasteiger partial charge in [-0.3, -0.25) is 0 Å². The third kappa shape index (κ3) is 5.35. The normalized spacial score (nSPS) is 11.6. The quantitative estimate of drug-likeness (QED) is 0.391. The molecule has 6 nitrogen and oxygen atoms in total. The van der Waals surface area contributed by atoms with E-state index in [2.05, 4.69) is 15.2 Å². The van der Waals surface area contributed by atoms with Crippen molar-refractivity contribution in [3.63, 3.8) is 0 Å². The van der Waals surface area contributed by atoms with Gasteiger partial charge in [0, 0.05) is 0 Å². The second-order valence-corrected chi connectivity index (χ2v) is 4.47. The van der Waals surface area contributed by atoms with Crippen LogP contribution >= 0.6 is 11.3 Å². The molecule has 0 atom stereocenters. The van der Waals surface area contributed by atoms with E-state index in [4.69, 9.17) is 10.8 Å². The average molecular weight is 264 g/mol. The Labute approximate surface area is 110 Å². The van der Waals surface area contributed by atoms with Crippen LogP contribution in [0.4, 0.5) is 0 Å². The van der Waals surface area contributed by atoms with Gasteiger partial charge in [-0.1, -0.05) is 0 Å². The van der Waals surface area contributed by atoms with Gasteiger partial charge in [-0.2, -0.15) is 0 Å². The van der Waals surface area contributed by atoms with E-state index in [1.165, 1.54) is 6.82 Å². The summed E-state index contributed by atoms with van der Waals surface area (Å²) in [4.78, 5) is 8.72. The minimum absolute atomic E-state index is 0.220. The first-order valence-corrected chi connectivity index (χ1v) is 6.27. The third-order valence-electron chi connectivity index (χ3n) is 1.93. The van der Waals surface area contributed by atoms with Crippen LogP contribution in [-0.4, -0.2) is 31.3 Å². The molecule has 1 rings (SSSR count). The Balaban J connectivity index is 2.61. The van der Waals surface area contributed by atoms with Gasteiger partial charge >= 0.3 is 110 Å². The van der Waals surface area contributed by atoms with E-state index < -0.39 is 7.05 Å². The van der Waals surface area contributed by atoms with Crippen molar-refractivity contribution in [1.29, 1.82) is 0 Å². The predicted octanol–water partition coefficient (Wildman–Crippen LogP) is -0.159. The molecule has 0 fully saturated rings. The zero-order chi connectivity index (χ0) is 13.4. The number of aliphatic imine (C=N–C) groups is 1. The van der Waals surface area contributed by atoms with E-state index in [0.29, 0.717) is 20.2 Å². The van der Waals surface area contributed by atoms with Crippen molar-refractivity contribution in [2.75, 3.05) is 0 Å². The first-order valence-electron chi connectivity index (χ1n) is 5.39. The van der Waals surface area contributed by atoms with Crippen LogP contribution in [0.2, 0.25) is 6.82 Å². The number of thiophene rings is 1. The molecule has 0 aliphatic heterocycles. The summed E-state index contributed by atoms with van der Waals surface area (Å²) in [5, 5.41) is 14.1. The number of nitrogens with one attached hydrogen (secondary N) is 1. The fraction of sp³-hybridized carbons (Fsp3) is 0.333. The fourth-order valence-corrected chi connectivity index (χ4v) is 1.98. The molecule has 0 radical (unpaired) electrons. The van der Waals surface area contributed by atoms with Gasteiger partial charge in [0.05, 0.1) is 0 Å². The van der Waals surface area contributed by atoms with E-state index in [-0.39, 0.29) is 5.96 Å². The number of guanidine groups is 1. The second kappa shape index (κ2) is 7.91. The summed E-state index contributed by atoms with van der Waals surface area (Å²) >= 11 is 1.58. The Kier molecular flexibility index (Phi) is 6.48. The monoisotopic (exact) mass is 264 g/mol. The van der Waals surface area contributed by atoms with Crippen LogP contribution in [0.15, 0.2) is 21.3 Å². The maximum atomic E-state index is 10.2. The Morgan fingerprint density at radius 3 is 3.11 bits per heavy atom. The summed E-state index contributed by atoms with van der Waals surface area (Å²) < 4.78 is 10.2. The van der Waals surface area contributed by atoms with Crippen molar-refractivity contribution in [1.82, 2.24) is 5.32 Å². The number of hydrogen-bond donors (Lipinski definition) is 3. The molecule has 4 N–H and O–H groups in total. The van der Waals surface area contributed by atoms with Gasteiger partial charge in [-0.15, -0.1) is 0 Å². The number of rotatable bonds is 5. The fourth-order valence-electron chi connectivity index (χ4n) is 1.21. The van der Waals surface area contributed by atoms with E-state index in [1.807, 2.05) is 11.4 Å². The molecule has 0 saturated carbocycles. The van der Waals surface area contributed by atoms with Crippen LogP contribution in [-0.2, 0) is 17.8 Å².